The quantitative estimate of drug-likeness (QED) is 0.878. The molecule has 1 amide bonds. The summed E-state index contributed by atoms with van der Waals surface area (Å²) in [5.41, 5.74) is 0.716. The molecule has 0 aromatic heterocycles. The third-order valence-corrected chi connectivity index (χ3v) is 3.27. The van der Waals surface area contributed by atoms with Gasteiger partial charge >= 0.3 is 0 Å². The number of piperidine rings is 1. The monoisotopic (exact) mass is 318 g/mol. The number of hydrogen-bond acceptors (Lipinski definition) is 2. The van der Waals surface area contributed by atoms with Crippen LogP contribution < -0.4 is 10.6 Å². The summed E-state index contributed by atoms with van der Waals surface area (Å²) in [4.78, 5) is 11.9. The maximum atomic E-state index is 11.9. The average Bonchev–Trinajstić information content (AvgIpc) is 2.31. The summed E-state index contributed by atoms with van der Waals surface area (Å²) in [6.45, 7) is 1.94. The molecule has 2 rings (SSSR count). The first-order valence-electron chi connectivity index (χ1n) is 5.53. The van der Waals surface area contributed by atoms with Crippen LogP contribution in [0.15, 0.2) is 28.7 Å². The highest BCUT2D eigenvalue weighted by atomic mass is 79.9. The second-order valence-corrected chi connectivity index (χ2v) is 4.94. The molecule has 1 fully saturated rings. The molecule has 1 heterocycles. The van der Waals surface area contributed by atoms with Crippen molar-refractivity contribution < 1.29 is 4.79 Å². The van der Waals surface area contributed by atoms with Crippen LogP contribution in [0.3, 0.4) is 0 Å². The molecule has 0 spiro atoms. The lowest BCUT2D eigenvalue weighted by molar-refractivity contribution is 0.0930. The summed E-state index contributed by atoms with van der Waals surface area (Å²) in [7, 11) is 0. The molecule has 0 saturated carbocycles. The fourth-order valence-electron chi connectivity index (χ4n) is 1.85. The van der Waals surface area contributed by atoms with Gasteiger partial charge in [0.05, 0.1) is 0 Å². The van der Waals surface area contributed by atoms with Crippen LogP contribution in [0.4, 0.5) is 0 Å². The highest BCUT2D eigenvalue weighted by molar-refractivity contribution is 9.10. The van der Waals surface area contributed by atoms with E-state index in [1.807, 2.05) is 24.3 Å². The topological polar surface area (TPSA) is 41.1 Å². The van der Waals surface area contributed by atoms with Crippen molar-refractivity contribution >= 4 is 34.2 Å². The largest absolute Gasteiger partial charge is 0.348 e. The van der Waals surface area contributed by atoms with Gasteiger partial charge in [-0.2, -0.15) is 0 Å². The number of nitrogens with one attached hydrogen (secondary N) is 2. The minimum atomic E-state index is 0. The van der Waals surface area contributed by atoms with Gasteiger partial charge < -0.3 is 10.6 Å². The van der Waals surface area contributed by atoms with Crippen molar-refractivity contribution in [2.24, 2.45) is 0 Å². The van der Waals surface area contributed by atoms with Crippen molar-refractivity contribution in [1.82, 2.24) is 10.6 Å². The lowest BCUT2D eigenvalue weighted by atomic mass is 10.1. The zero-order valence-corrected chi connectivity index (χ0v) is 11.8. The molecule has 2 N–H and O–H groups in total. The highest BCUT2D eigenvalue weighted by Gasteiger charge is 2.15. The first-order valence-corrected chi connectivity index (χ1v) is 6.32. The Morgan fingerprint density at radius 3 is 2.65 bits per heavy atom. The van der Waals surface area contributed by atoms with Gasteiger partial charge in [0.1, 0.15) is 0 Å². The van der Waals surface area contributed by atoms with E-state index < -0.39 is 0 Å². The molecule has 1 aliphatic rings. The molecule has 0 aliphatic carbocycles. The van der Waals surface area contributed by atoms with Crippen molar-refractivity contribution in [3.8, 4) is 0 Å². The Hall–Kier alpha value is -0.580. The summed E-state index contributed by atoms with van der Waals surface area (Å²) in [6, 6.07) is 7.69. The van der Waals surface area contributed by atoms with Gasteiger partial charge in [0.25, 0.3) is 5.91 Å². The van der Waals surface area contributed by atoms with Crippen LogP contribution in [0.5, 0.6) is 0 Å². The van der Waals surface area contributed by atoms with Crippen molar-refractivity contribution in [2.45, 2.75) is 18.9 Å². The Balaban J connectivity index is 0.00000144. The summed E-state index contributed by atoms with van der Waals surface area (Å²) in [5, 5.41) is 6.32. The summed E-state index contributed by atoms with van der Waals surface area (Å²) >= 11 is 3.35. The van der Waals surface area contributed by atoms with Gasteiger partial charge in [0, 0.05) is 22.6 Å². The predicted octanol–water partition coefficient (Wildman–Crippen LogP) is 2.35. The van der Waals surface area contributed by atoms with Crippen molar-refractivity contribution in [2.75, 3.05) is 13.1 Å². The molecular weight excluding hydrogens is 304 g/mol. The van der Waals surface area contributed by atoms with E-state index >= 15 is 0 Å². The summed E-state index contributed by atoms with van der Waals surface area (Å²) in [6.07, 6.45) is 2.19. The number of carbonyl (C=O) groups is 1. The Kier molecular flexibility index (Phi) is 5.95. The third kappa shape index (κ3) is 4.30. The number of hydrogen-bond donors (Lipinski definition) is 2. The van der Waals surface area contributed by atoms with E-state index in [9.17, 15) is 4.79 Å². The Morgan fingerprint density at radius 2 is 2.06 bits per heavy atom. The fourth-order valence-corrected chi connectivity index (χ4v) is 2.11. The molecular formula is C12H16BrClN2O. The van der Waals surface area contributed by atoms with Gasteiger partial charge in [-0.25, -0.2) is 0 Å². The zero-order valence-electron chi connectivity index (χ0n) is 9.41. The van der Waals surface area contributed by atoms with Crippen LogP contribution in [-0.4, -0.2) is 25.0 Å². The second kappa shape index (κ2) is 6.99. The van der Waals surface area contributed by atoms with E-state index in [-0.39, 0.29) is 24.4 Å². The molecule has 1 atom stereocenters. The van der Waals surface area contributed by atoms with E-state index in [1.54, 1.807) is 0 Å². The van der Waals surface area contributed by atoms with E-state index in [4.69, 9.17) is 0 Å². The van der Waals surface area contributed by atoms with Crippen LogP contribution in [0.25, 0.3) is 0 Å². The predicted molar refractivity (Wildman–Crippen MR) is 74.7 cm³/mol. The standard InChI is InChI=1S/C12H15BrN2O.ClH/c13-10-5-3-9(4-6-10)12(16)15-11-2-1-7-14-8-11;/h3-6,11,14H,1-2,7-8H2,(H,15,16);1H. The second-order valence-electron chi connectivity index (χ2n) is 4.02. The molecule has 1 unspecified atom stereocenters. The van der Waals surface area contributed by atoms with E-state index in [2.05, 4.69) is 26.6 Å². The zero-order chi connectivity index (χ0) is 11.4. The Bertz CT molecular complexity index is 363. The number of carbonyl (C=O) groups excluding carboxylic acids is 1. The summed E-state index contributed by atoms with van der Waals surface area (Å²) < 4.78 is 0.989. The molecule has 0 bridgehead atoms. The van der Waals surface area contributed by atoms with Gasteiger partial charge in [-0.05, 0) is 43.7 Å². The van der Waals surface area contributed by atoms with E-state index in [0.29, 0.717) is 5.56 Å². The maximum absolute atomic E-state index is 11.9. The molecule has 3 nitrogen and oxygen atoms in total. The highest BCUT2D eigenvalue weighted by Crippen LogP contribution is 2.11. The molecule has 1 aliphatic heterocycles. The number of halogens is 2. The van der Waals surface area contributed by atoms with E-state index in [1.165, 1.54) is 0 Å². The molecule has 1 aromatic carbocycles. The third-order valence-electron chi connectivity index (χ3n) is 2.74. The van der Waals surface area contributed by atoms with Crippen LogP contribution in [-0.2, 0) is 0 Å². The first-order chi connectivity index (χ1) is 7.75. The SMILES string of the molecule is Cl.O=C(NC1CCCNC1)c1ccc(Br)cc1. The van der Waals surface area contributed by atoms with Crippen molar-refractivity contribution in [3.63, 3.8) is 0 Å². The van der Waals surface area contributed by atoms with Gasteiger partial charge in [-0.1, -0.05) is 15.9 Å². The lowest BCUT2D eigenvalue weighted by Gasteiger charge is -2.23. The van der Waals surface area contributed by atoms with Crippen LogP contribution in [0.1, 0.15) is 23.2 Å². The lowest BCUT2D eigenvalue weighted by Crippen LogP contribution is -2.45. The average molecular weight is 320 g/mol. The maximum Gasteiger partial charge on any atom is 0.251 e. The van der Waals surface area contributed by atoms with Gasteiger partial charge in [-0.3, -0.25) is 4.79 Å². The van der Waals surface area contributed by atoms with E-state index in [0.717, 1.165) is 30.4 Å². The molecule has 17 heavy (non-hydrogen) atoms. The molecule has 1 aromatic rings. The van der Waals surface area contributed by atoms with Gasteiger partial charge in [0.2, 0.25) is 0 Å². The van der Waals surface area contributed by atoms with Crippen LogP contribution >= 0.6 is 28.3 Å². The molecule has 1 saturated heterocycles. The first kappa shape index (κ1) is 14.5. The molecule has 0 radical (unpaired) electrons. The number of rotatable bonds is 2. The van der Waals surface area contributed by atoms with Gasteiger partial charge in [-0.15, -0.1) is 12.4 Å². The van der Waals surface area contributed by atoms with Crippen molar-refractivity contribution in [1.29, 1.82) is 0 Å². The van der Waals surface area contributed by atoms with Crippen molar-refractivity contribution in [3.05, 3.63) is 34.3 Å². The molecule has 5 heteroatoms. The van der Waals surface area contributed by atoms with Crippen LogP contribution in [0, 0.1) is 0 Å². The van der Waals surface area contributed by atoms with Crippen LogP contribution in [0.2, 0.25) is 0 Å². The minimum absolute atomic E-state index is 0. The number of benzene rings is 1. The Labute approximate surface area is 116 Å². The minimum Gasteiger partial charge on any atom is -0.348 e. The Morgan fingerprint density at radius 1 is 1.35 bits per heavy atom. The number of amides is 1. The smallest absolute Gasteiger partial charge is 0.251 e. The fraction of sp³-hybridized carbons (Fsp3) is 0.417. The molecule has 94 valence electrons. The van der Waals surface area contributed by atoms with Gasteiger partial charge in [0.15, 0.2) is 0 Å². The summed E-state index contributed by atoms with van der Waals surface area (Å²) in [5.74, 6) is 0.0150. The normalized spacial score (nSPS) is 19.2.